The summed E-state index contributed by atoms with van der Waals surface area (Å²) < 4.78 is 0. The summed E-state index contributed by atoms with van der Waals surface area (Å²) in [6.45, 7) is 7.85. The number of rotatable bonds is 4. The predicted molar refractivity (Wildman–Crippen MR) is 81.7 cm³/mol. The van der Waals surface area contributed by atoms with Gasteiger partial charge in [0.05, 0.1) is 5.60 Å². The minimum Gasteiger partial charge on any atom is -0.409 e. The molecule has 2 rings (SSSR count). The van der Waals surface area contributed by atoms with Gasteiger partial charge < -0.3 is 20.9 Å². The lowest BCUT2D eigenvalue weighted by Crippen LogP contribution is -2.50. The molecule has 1 aliphatic heterocycles. The van der Waals surface area contributed by atoms with Crippen molar-refractivity contribution in [1.29, 1.82) is 0 Å². The molecule has 0 bridgehead atoms. The third kappa shape index (κ3) is 4.30. The molecule has 0 radical (unpaired) electrons. The molecule has 1 aromatic heterocycles. The van der Waals surface area contributed by atoms with Crippen molar-refractivity contribution in [2.75, 3.05) is 37.6 Å². The van der Waals surface area contributed by atoms with Crippen LogP contribution in [0.5, 0.6) is 0 Å². The van der Waals surface area contributed by atoms with Gasteiger partial charge in [0.25, 0.3) is 0 Å². The van der Waals surface area contributed by atoms with Gasteiger partial charge in [0, 0.05) is 44.6 Å². The van der Waals surface area contributed by atoms with Crippen molar-refractivity contribution < 1.29 is 10.3 Å². The van der Waals surface area contributed by atoms with Crippen LogP contribution in [-0.2, 0) is 0 Å². The van der Waals surface area contributed by atoms with Crippen LogP contribution in [0.4, 0.5) is 5.69 Å². The summed E-state index contributed by atoms with van der Waals surface area (Å²) in [5.41, 5.74) is 6.37. The Morgan fingerprint density at radius 2 is 2.05 bits per heavy atom. The van der Waals surface area contributed by atoms with Crippen LogP contribution in [0.1, 0.15) is 19.5 Å². The zero-order valence-electron chi connectivity index (χ0n) is 12.5. The highest BCUT2D eigenvalue weighted by atomic mass is 16.4. The fourth-order valence-electron chi connectivity index (χ4n) is 2.52. The Hall–Kier alpha value is -1.86. The summed E-state index contributed by atoms with van der Waals surface area (Å²) in [6.07, 6.45) is 1.66. The van der Waals surface area contributed by atoms with Crippen molar-refractivity contribution in [2.24, 2.45) is 10.9 Å². The maximum atomic E-state index is 9.86. The molecule has 116 valence electrons. The van der Waals surface area contributed by atoms with Gasteiger partial charge >= 0.3 is 0 Å². The van der Waals surface area contributed by atoms with E-state index in [1.165, 1.54) is 0 Å². The van der Waals surface area contributed by atoms with Crippen LogP contribution in [0.2, 0.25) is 0 Å². The fraction of sp³-hybridized carbons (Fsp3) is 0.571. The number of hydrogen-bond acceptors (Lipinski definition) is 6. The van der Waals surface area contributed by atoms with Crippen LogP contribution in [0.3, 0.4) is 0 Å². The van der Waals surface area contributed by atoms with Crippen LogP contribution in [0.15, 0.2) is 23.5 Å². The van der Waals surface area contributed by atoms with E-state index in [0.717, 1.165) is 31.9 Å². The molecule has 7 heteroatoms. The van der Waals surface area contributed by atoms with E-state index in [1.807, 2.05) is 26.0 Å². The van der Waals surface area contributed by atoms with Crippen molar-refractivity contribution in [3.8, 4) is 0 Å². The molecular weight excluding hydrogens is 270 g/mol. The summed E-state index contributed by atoms with van der Waals surface area (Å²) in [6, 6.07) is 3.74. The maximum absolute atomic E-state index is 9.86. The third-order valence-corrected chi connectivity index (χ3v) is 3.46. The van der Waals surface area contributed by atoms with Crippen molar-refractivity contribution in [3.63, 3.8) is 0 Å². The summed E-state index contributed by atoms with van der Waals surface area (Å²) >= 11 is 0. The van der Waals surface area contributed by atoms with Gasteiger partial charge in [-0.25, -0.2) is 0 Å². The van der Waals surface area contributed by atoms with E-state index < -0.39 is 5.60 Å². The molecule has 0 spiro atoms. The molecule has 1 fully saturated rings. The number of aromatic nitrogens is 1. The standard InChI is InChI=1S/C14H23N5O2/c1-14(2,20)10-18-5-7-19(8-6-18)11-3-4-16-12(9-11)13(15)17-21/h3-4,9,20-21H,5-8,10H2,1-2H3,(H2,15,17). The number of β-amino-alcohol motifs (C(OH)–C–C–N with tert-alkyl or cyclic N) is 1. The highest BCUT2D eigenvalue weighted by Crippen LogP contribution is 2.17. The highest BCUT2D eigenvalue weighted by Gasteiger charge is 2.23. The first-order chi connectivity index (χ1) is 9.89. The molecule has 0 amide bonds. The van der Waals surface area contributed by atoms with Crippen LogP contribution in [0.25, 0.3) is 0 Å². The van der Waals surface area contributed by atoms with Crippen molar-refractivity contribution >= 4 is 11.5 Å². The van der Waals surface area contributed by atoms with E-state index in [1.54, 1.807) is 6.20 Å². The van der Waals surface area contributed by atoms with Crippen molar-refractivity contribution in [3.05, 3.63) is 24.0 Å². The topological polar surface area (TPSA) is 98.2 Å². The zero-order chi connectivity index (χ0) is 15.5. The van der Waals surface area contributed by atoms with Gasteiger partial charge in [-0.2, -0.15) is 0 Å². The number of hydrogen-bond donors (Lipinski definition) is 3. The molecule has 4 N–H and O–H groups in total. The van der Waals surface area contributed by atoms with E-state index in [9.17, 15) is 5.11 Å². The van der Waals surface area contributed by atoms with Crippen LogP contribution in [-0.4, -0.2) is 64.4 Å². The summed E-state index contributed by atoms with van der Waals surface area (Å²) in [5, 5.41) is 21.5. The fourth-order valence-corrected chi connectivity index (χ4v) is 2.52. The minimum atomic E-state index is -0.669. The Labute approximate surface area is 124 Å². The predicted octanol–water partition coefficient (Wildman–Crippen LogP) is 0.0690. The van der Waals surface area contributed by atoms with Crippen molar-refractivity contribution in [1.82, 2.24) is 9.88 Å². The van der Waals surface area contributed by atoms with Crippen molar-refractivity contribution in [2.45, 2.75) is 19.4 Å². The number of amidine groups is 1. The van der Waals surface area contributed by atoms with Crippen LogP contribution >= 0.6 is 0 Å². The molecule has 21 heavy (non-hydrogen) atoms. The molecule has 1 saturated heterocycles. The number of nitrogens with two attached hydrogens (primary N) is 1. The second-order valence-corrected chi connectivity index (χ2v) is 5.96. The normalized spacial score (nSPS) is 18.0. The lowest BCUT2D eigenvalue weighted by Gasteiger charge is -2.38. The van der Waals surface area contributed by atoms with Crippen LogP contribution < -0.4 is 10.6 Å². The van der Waals surface area contributed by atoms with Crippen LogP contribution in [0, 0.1) is 0 Å². The SMILES string of the molecule is CC(C)(O)CN1CCN(c2ccnc(C(N)=NO)c2)CC1. The first-order valence-corrected chi connectivity index (χ1v) is 7.03. The van der Waals surface area contributed by atoms with Gasteiger partial charge in [0.15, 0.2) is 5.84 Å². The summed E-state index contributed by atoms with van der Waals surface area (Å²) in [4.78, 5) is 8.57. The van der Waals surface area contributed by atoms with Gasteiger partial charge in [0.2, 0.25) is 0 Å². The number of oxime groups is 1. The molecular formula is C14H23N5O2. The highest BCUT2D eigenvalue weighted by molar-refractivity contribution is 5.95. The van der Waals surface area contributed by atoms with Gasteiger partial charge in [-0.15, -0.1) is 0 Å². The monoisotopic (exact) mass is 293 g/mol. The molecule has 7 nitrogen and oxygen atoms in total. The van der Waals surface area contributed by atoms with E-state index in [0.29, 0.717) is 12.2 Å². The minimum absolute atomic E-state index is 0.0116. The number of aliphatic hydroxyl groups is 1. The molecule has 2 heterocycles. The Kier molecular flexibility index (Phi) is 4.64. The Morgan fingerprint density at radius 1 is 1.38 bits per heavy atom. The Balaban J connectivity index is 1.99. The van der Waals surface area contributed by atoms with Gasteiger partial charge in [-0.05, 0) is 26.0 Å². The van der Waals surface area contributed by atoms with E-state index in [-0.39, 0.29) is 5.84 Å². The number of nitrogens with zero attached hydrogens (tertiary/aromatic N) is 4. The third-order valence-electron chi connectivity index (χ3n) is 3.46. The molecule has 0 unspecified atom stereocenters. The van der Waals surface area contributed by atoms with E-state index >= 15 is 0 Å². The molecule has 1 aliphatic rings. The number of anilines is 1. The summed E-state index contributed by atoms with van der Waals surface area (Å²) in [5.74, 6) is 0.0116. The molecule has 1 aromatic rings. The van der Waals surface area contributed by atoms with Gasteiger partial charge in [0.1, 0.15) is 5.69 Å². The van der Waals surface area contributed by atoms with Gasteiger partial charge in [-0.3, -0.25) is 9.88 Å². The lowest BCUT2D eigenvalue weighted by atomic mass is 10.1. The molecule has 0 aromatic carbocycles. The smallest absolute Gasteiger partial charge is 0.188 e. The molecule has 0 saturated carbocycles. The largest absolute Gasteiger partial charge is 0.409 e. The average Bonchev–Trinajstić information content (AvgIpc) is 2.45. The second-order valence-electron chi connectivity index (χ2n) is 5.96. The first kappa shape index (κ1) is 15.5. The lowest BCUT2D eigenvalue weighted by molar-refractivity contribution is 0.0345. The first-order valence-electron chi connectivity index (χ1n) is 7.03. The van der Waals surface area contributed by atoms with E-state index in [4.69, 9.17) is 10.9 Å². The average molecular weight is 293 g/mol. The number of piperazine rings is 1. The summed E-state index contributed by atoms with van der Waals surface area (Å²) in [7, 11) is 0. The number of pyridine rings is 1. The van der Waals surface area contributed by atoms with Gasteiger partial charge in [-0.1, -0.05) is 5.16 Å². The quantitative estimate of drug-likeness (QED) is 0.314. The maximum Gasteiger partial charge on any atom is 0.188 e. The molecule has 0 atom stereocenters. The second kappa shape index (κ2) is 6.28. The van der Waals surface area contributed by atoms with E-state index in [2.05, 4.69) is 19.9 Å². The zero-order valence-corrected chi connectivity index (χ0v) is 12.5. The Bertz CT molecular complexity index is 504. The Morgan fingerprint density at radius 3 is 2.62 bits per heavy atom. The molecule has 0 aliphatic carbocycles.